The van der Waals surface area contributed by atoms with Gasteiger partial charge in [-0.1, -0.05) is 42.1 Å². The Bertz CT molecular complexity index is 1690. The van der Waals surface area contributed by atoms with E-state index in [1.807, 2.05) is 18.2 Å². The van der Waals surface area contributed by atoms with Crippen LogP contribution in [-0.4, -0.2) is 26.2 Å². The van der Waals surface area contributed by atoms with Gasteiger partial charge in [0.2, 0.25) is 0 Å². The zero-order chi connectivity index (χ0) is 23.8. The Morgan fingerprint density at radius 1 is 1.00 bits per heavy atom. The third-order valence-corrected chi connectivity index (χ3v) is 6.49. The van der Waals surface area contributed by atoms with Gasteiger partial charge in [0, 0.05) is 10.9 Å². The molecule has 0 radical (unpaired) electrons. The molecule has 0 bridgehead atoms. The molecule has 34 heavy (non-hydrogen) atoms. The number of aromatic hydroxyl groups is 1. The van der Waals surface area contributed by atoms with Gasteiger partial charge in [-0.2, -0.15) is 0 Å². The normalized spacial score (nSPS) is 11.2. The Kier molecular flexibility index (Phi) is 5.51. The maximum atomic E-state index is 13.3. The van der Waals surface area contributed by atoms with E-state index in [0.29, 0.717) is 38.3 Å². The van der Waals surface area contributed by atoms with Crippen molar-refractivity contribution in [2.24, 2.45) is 0 Å². The van der Waals surface area contributed by atoms with Crippen LogP contribution in [0, 0.1) is 6.92 Å². The number of rotatable bonds is 5. The molecule has 168 valence electrons. The molecular weight excluding hydrogens is 452 g/mol. The molecule has 0 saturated carbocycles. The molecular formula is C26H18N2O5S. The number of thioether (sulfide) groups is 1. The Labute approximate surface area is 197 Å². The van der Waals surface area contributed by atoms with E-state index in [9.17, 15) is 19.5 Å². The lowest BCUT2D eigenvalue weighted by Crippen LogP contribution is -2.22. The average Bonchev–Trinajstić information content (AvgIpc) is 2.85. The first kappa shape index (κ1) is 21.7. The number of aromatic nitrogens is 2. The standard InChI is InChI=1S/C26H18N2O5S/c1-15-18-13-19(25(32)33-23(18)12-11-21(15)29)22(30)14-34-26-27-20-10-6-5-9-17(20)24(31)28(26)16-7-3-2-4-8-16/h2-13,29H,14H2,1H3. The molecule has 2 aromatic heterocycles. The third-order valence-electron chi connectivity index (χ3n) is 5.55. The van der Waals surface area contributed by atoms with Crippen molar-refractivity contribution in [3.63, 3.8) is 0 Å². The Morgan fingerprint density at radius 2 is 1.74 bits per heavy atom. The second-order valence-corrected chi connectivity index (χ2v) is 8.61. The van der Waals surface area contributed by atoms with E-state index in [1.54, 1.807) is 43.3 Å². The number of benzene rings is 3. The smallest absolute Gasteiger partial charge is 0.347 e. The lowest BCUT2D eigenvalue weighted by molar-refractivity contribution is 0.101. The predicted molar refractivity (Wildman–Crippen MR) is 131 cm³/mol. The number of phenolic OH excluding ortho intramolecular Hbond substituents is 1. The van der Waals surface area contributed by atoms with Crippen molar-refractivity contribution >= 4 is 39.4 Å². The molecule has 0 aliphatic carbocycles. The molecule has 0 amide bonds. The van der Waals surface area contributed by atoms with Gasteiger partial charge < -0.3 is 9.52 Å². The highest BCUT2D eigenvalue weighted by molar-refractivity contribution is 7.99. The Morgan fingerprint density at radius 3 is 2.53 bits per heavy atom. The molecule has 8 heteroatoms. The van der Waals surface area contributed by atoms with Gasteiger partial charge in [-0.25, -0.2) is 9.78 Å². The molecule has 2 heterocycles. The summed E-state index contributed by atoms with van der Waals surface area (Å²) in [6.45, 7) is 1.68. The number of hydrogen-bond acceptors (Lipinski definition) is 7. The summed E-state index contributed by atoms with van der Waals surface area (Å²) < 4.78 is 6.77. The molecule has 1 N–H and O–H groups in total. The number of carbonyl (C=O) groups excluding carboxylic acids is 1. The van der Waals surface area contributed by atoms with E-state index in [0.717, 1.165) is 11.8 Å². The number of aryl methyl sites for hydroxylation is 1. The van der Waals surface area contributed by atoms with Gasteiger partial charge in [-0.3, -0.25) is 14.2 Å². The van der Waals surface area contributed by atoms with Crippen molar-refractivity contribution in [1.82, 2.24) is 9.55 Å². The minimum Gasteiger partial charge on any atom is -0.508 e. The van der Waals surface area contributed by atoms with Crippen molar-refractivity contribution < 1.29 is 14.3 Å². The molecule has 0 saturated heterocycles. The number of fused-ring (bicyclic) bond motifs is 2. The Hall–Kier alpha value is -4.17. The maximum absolute atomic E-state index is 13.3. The summed E-state index contributed by atoms with van der Waals surface area (Å²) in [6, 6.07) is 20.4. The first-order valence-corrected chi connectivity index (χ1v) is 11.4. The van der Waals surface area contributed by atoms with E-state index in [4.69, 9.17) is 4.42 Å². The number of hydrogen-bond donors (Lipinski definition) is 1. The minimum absolute atomic E-state index is 0.0429. The van der Waals surface area contributed by atoms with Gasteiger partial charge in [-0.15, -0.1) is 0 Å². The summed E-state index contributed by atoms with van der Waals surface area (Å²) in [4.78, 5) is 43.4. The first-order chi connectivity index (χ1) is 16.4. The summed E-state index contributed by atoms with van der Waals surface area (Å²) in [5.41, 5.74) is 0.819. The lowest BCUT2D eigenvalue weighted by atomic mass is 10.1. The lowest BCUT2D eigenvalue weighted by Gasteiger charge is -2.13. The van der Waals surface area contributed by atoms with E-state index < -0.39 is 11.4 Å². The van der Waals surface area contributed by atoms with E-state index in [1.165, 1.54) is 22.8 Å². The summed E-state index contributed by atoms with van der Waals surface area (Å²) in [7, 11) is 0. The van der Waals surface area contributed by atoms with Gasteiger partial charge >= 0.3 is 5.63 Å². The first-order valence-electron chi connectivity index (χ1n) is 10.4. The van der Waals surface area contributed by atoms with Crippen LogP contribution in [0.3, 0.4) is 0 Å². The summed E-state index contributed by atoms with van der Waals surface area (Å²) in [6.07, 6.45) is 0. The number of ketones is 1. The molecule has 7 nitrogen and oxygen atoms in total. The number of para-hydroxylation sites is 2. The SMILES string of the molecule is Cc1c(O)ccc2oc(=O)c(C(=O)CSc3nc4ccccc4c(=O)n3-c3ccccc3)cc12. The highest BCUT2D eigenvalue weighted by atomic mass is 32.2. The molecule has 5 rings (SSSR count). The van der Waals surface area contributed by atoms with Gasteiger partial charge in [0.05, 0.1) is 22.3 Å². The van der Waals surface area contributed by atoms with Gasteiger partial charge in [0.25, 0.3) is 5.56 Å². The zero-order valence-corrected chi connectivity index (χ0v) is 18.8. The van der Waals surface area contributed by atoms with Crippen LogP contribution < -0.4 is 11.2 Å². The summed E-state index contributed by atoms with van der Waals surface area (Å²) >= 11 is 1.07. The minimum atomic E-state index is -0.755. The van der Waals surface area contributed by atoms with Crippen LogP contribution in [-0.2, 0) is 0 Å². The van der Waals surface area contributed by atoms with Crippen LogP contribution in [0.1, 0.15) is 15.9 Å². The highest BCUT2D eigenvalue weighted by Gasteiger charge is 2.19. The van der Waals surface area contributed by atoms with Crippen molar-refractivity contribution in [3.8, 4) is 11.4 Å². The molecule has 0 unspecified atom stereocenters. The third kappa shape index (κ3) is 3.78. The average molecular weight is 471 g/mol. The fourth-order valence-corrected chi connectivity index (χ4v) is 4.63. The van der Waals surface area contributed by atoms with Crippen molar-refractivity contribution in [1.29, 1.82) is 0 Å². The van der Waals surface area contributed by atoms with Crippen LogP contribution in [0.2, 0.25) is 0 Å². The second-order valence-electron chi connectivity index (χ2n) is 7.67. The van der Waals surface area contributed by atoms with E-state index in [2.05, 4.69) is 4.98 Å². The summed E-state index contributed by atoms with van der Waals surface area (Å²) in [5, 5.41) is 11.3. The summed E-state index contributed by atoms with van der Waals surface area (Å²) in [5.74, 6) is -0.557. The molecule has 0 spiro atoms. The fraction of sp³-hybridized carbons (Fsp3) is 0.0769. The van der Waals surface area contributed by atoms with Crippen LogP contribution >= 0.6 is 11.8 Å². The number of phenols is 1. The number of Topliss-reactive ketones (excluding diaryl/α,β-unsaturated/α-hetero) is 1. The number of carbonyl (C=O) groups is 1. The van der Waals surface area contributed by atoms with Gasteiger partial charge in [0.15, 0.2) is 10.9 Å². The largest absolute Gasteiger partial charge is 0.508 e. The van der Waals surface area contributed by atoms with Crippen LogP contribution in [0.4, 0.5) is 0 Å². The maximum Gasteiger partial charge on any atom is 0.347 e. The van der Waals surface area contributed by atoms with Crippen LogP contribution in [0.5, 0.6) is 5.75 Å². The molecule has 0 aliphatic heterocycles. The molecule has 0 atom stereocenters. The molecule has 5 aromatic rings. The fourth-order valence-electron chi connectivity index (χ4n) is 3.73. The molecule has 0 aliphatic rings. The molecule has 3 aromatic carbocycles. The Balaban J connectivity index is 1.55. The zero-order valence-electron chi connectivity index (χ0n) is 18.0. The second kappa shape index (κ2) is 8.64. The van der Waals surface area contributed by atoms with Gasteiger partial charge in [-0.05, 0) is 49.4 Å². The van der Waals surface area contributed by atoms with Crippen LogP contribution in [0.25, 0.3) is 27.6 Å². The van der Waals surface area contributed by atoms with Crippen molar-refractivity contribution in [2.45, 2.75) is 12.1 Å². The number of nitrogens with zero attached hydrogens (tertiary/aromatic N) is 2. The highest BCUT2D eigenvalue weighted by Crippen LogP contribution is 2.27. The van der Waals surface area contributed by atoms with Crippen LogP contribution in [0.15, 0.2) is 92.0 Å². The van der Waals surface area contributed by atoms with E-state index in [-0.39, 0.29) is 22.6 Å². The van der Waals surface area contributed by atoms with Crippen molar-refractivity contribution in [3.05, 3.63) is 105 Å². The van der Waals surface area contributed by atoms with Crippen molar-refractivity contribution in [2.75, 3.05) is 5.75 Å². The molecule has 0 fully saturated rings. The quantitative estimate of drug-likeness (QED) is 0.175. The van der Waals surface area contributed by atoms with Gasteiger partial charge in [0.1, 0.15) is 16.9 Å². The predicted octanol–water partition coefficient (Wildman–Crippen LogP) is 4.48. The van der Waals surface area contributed by atoms with E-state index >= 15 is 0 Å². The monoisotopic (exact) mass is 470 g/mol. The topological polar surface area (TPSA) is 102 Å².